The fraction of sp³-hybridized carbons (Fsp3) is 0.182. The number of nitrogens with one attached hydrogen (secondary N) is 1. The average molecular weight is 458 g/mol. The monoisotopic (exact) mass is 457 g/mol. The zero-order valence-corrected chi connectivity index (χ0v) is 17.9. The van der Waals surface area contributed by atoms with E-state index in [2.05, 4.69) is 21.2 Å². The van der Waals surface area contributed by atoms with Gasteiger partial charge in [-0.2, -0.15) is 0 Å². The van der Waals surface area contributed by atoms with Gasteiger partial charge in [0, 0.05) is 15.8 Å². The highest BCUT2D eigenvalue weighted by Crippen LogP contribution is 2.37. The van der Waals surface area contributed by atoms with Crippen LogP contribution < -0.4 is 5.32 Å². The predicted octanol–water partition coefficient (Wildman–Crippen LogP) is 6.25. The van der Waals surface area contributed by atoms with E-state index in [4.69, 9.17) is 0 Å². The molecule has 0 radical (unpaired) electrons. The largest absolute Gasteiger partial charge is 0.478 e. The van der Waals surface area contributed by atoms with Crippen molar-refractivity contribution < 1.29 is 14.7 Å². The van der Waals surface area contributed by atoms with E-state index in [1.165, 1.54) is 11.3 Å². The number of benzene rings is 2. The molecule has 0 spiro atoms. The van der Waals surface area contributed by atoms with Crippen LogP contribution in [-0.4, -0.2) is 17.0 Å². The third-order valence-corrected chi connectivity index (χ3v) is 6.42. The molecule has 0 bridgehead atoms. The van der Waals surface area contributed by atoms with Crippen LogP contribution in [0, 0.1) is 5.92 Å². The van der Waals surface area contributed by atoms with Crippen molar-refractivity contribution in [3.05, 3.63) is 75.6 Å². The molecule has 1 aromatic heterocycles. The maximum atomic E-state index is 12.8. The van der Waals surface area contributed by atoms with Gasteiger partial charge in [-0.3, -0.25) is 4.79 Å². The van der Waals surface area contributed by atoms with E-state index in [9.17, 15) is 14.7 Å². The molecule has 1 amide bonds. The summed E-state index contributed by atoms with van der Waals surface area (Å²) in [5, 5.41) is 14.3. The van der Waals surface area contributed by atoms with Crippen molar-refractivity contribution in [2.24, 2.45) is 5.92 Å². The molecule has 28 heavy (non-hydrogen) atoms. The summed E-state index contributed by atoms with van der Waals surface area (Å²) in [5.41, 5.74) is 2.34. The molecule has 144 valence electrons. The SMILES string of the molecule is CC(C(=O)Nc1csc(-c2ccc(Br)cc2)c1C(=O)O)C(C)c1ccccc1. The van der Waals surface area contributed by atoms with Gasteiger partial charge in [0.05, 0.1) is 10.6 Å². The number of amides is 1. The highest BCUT2D eigenvalue weighted by molar-refractivity contribution is 9.10. The molecule has 0 fully saturated rings. The molecule has 2 aromatic carbocycles. The number of carbonyl (C=O) groups is 2. The second-order valence-electron chi connectivity index (χ2n) is 6.64. The fourth-order valence-corrected chi connectivity index (χ4v) is 4.26. The molecule has 0 aliphatic carbocycles. The van der Waals surface area contributed by atoms with Crippen LogP contribution >= 0.6 is 27.3 Å². The lowest BCUT2D eigenvalue weighted by atomic mass is 9.88. The molecule has 4 nitrogen and oxygen atoms in total. The Morgan fingerprint density at radius 3 is 2.29 bits per heavy atom. The number of halogens is 1. The van der Waals surface area contributed by atoms with Crippen molar-refractivity contribution in [1.82, 2.24) is 0 Å². The molecule has 1 heterocycles. The van der Waals surface area contributed by atoms with Gasteiger partial charge in [0.1, 0.15) is 5.56 Å². The number of carbonyl (C=O) groups excluding carboxylic acids is 1. The molecule has 0 saturated carbocycles. The molecule has 0 saturated heterocycles. The predicted molar refractivity (Wildman–Crippen MR) is 117 cm³/mol. The molecule has 2 N–H and O–H groups in total. The molecule has 6 heteroatoms. The zero-order chi connectivity index (χ0) is 20.3. The van der Waals surface area contributed by atoms with Crippen molar-refractivity contribution in [3.8, 4) is 10.4 Å². The summed E-state index contributed by atoms with van der Waals surface area (Å²) >= 11 is 4.69. The highest BCUT2D eigenvalue weighted by Gasteiger charge is 2.25. The van der Waals surface area contributed by atoms with Crippen molar-refractivity contribution in [2.75, 3.05) is 5.32 Å². The molecule has 2 unspecified atom stereocenters. The Hall–Kier alpha value is -2.44. The number of aromatic carboxylic acids is 1. The summed E-state index contributed by atoms with van der Waals surface area (Å²) in [7, 11) is 0. The molecule has 2 atom stereocenters. The maximum absolute atomic E-state index is 12.8. The van der Waals surface area contributed by atoms with Gasteiger partial charge >= 0.3 is 5.97 Å². The second-order valence-corrected chi connectivity index (χ2v) is 8.44. The first-order valence-corrected chi connectivity index (χ1v) is 10.5. The molecule has 0 aliphatic rings. The van der Waals surface area contributed by atoms with Gasteiger partial charge in [-0.25, -0.2) is 4.79 Å². The number of rotatable bonds is 6. The van der Waals surface area contributed by atoms with Gasteiger partial charge in [0.2, 0.25) is 5.91 Å². The Kier molecular flexibility index (Phi) is 6.31. The summed E-state index contributed by atoms with van der Waals surface area (Å²) in [5.74, 6) is -1.55. The van der Waals surface area contributed by atoms with E-state index in [1.54, 1.807) is 5.38 Å². The average Bonchev–Trinajstić information content (AvgIpc) is 3.11. The normalized spacial score (nSPS) is 13.0. The standard InChI is InChI=1S/C22H20BrNO3S/c1-13(15-6-4-3-5-7-15)14(2)21(25)24-18-12-28-20(19(18)22(26)27)16-8-10-17(23)11-9-16/h3-14H,1-2H3,(H,24,25)(H,26,27). The van der Waals surface area contributed by atoms with Crippen molar-refractivity contribution in [1.29, 1.82) is 0 Å². The van der Waals surface area contributed by atoms with Crippen LogP contribution in [0.4, 0.5) is 5.69 Å². The molecular weight excluding hydrogens is 438 g/mol. The Bertz CT molecular complexity index is 983. The van der Waals surface area contributed by atoms with Gasteiger partial charge in [0.25, 0.3) is 0 Å². The Labute approximate surface area is 176 Å². The molecule has 3 aromatic rings. The van der Waals surface area contributed by atoms with E-state index in [0.29, 0.717) is 10.6 Å². The number of hydrogen-bond donors (Lipinski definition) is 2. The number of hydrogen-bond acceptors (Lipinski definition) is 3. The van der Waals surface area contributed by atoms with Crippen LogP contribution in [0.25, 0.3) is 10.4 Å². The van der Waals surface area contributed by atoms with Crippen molar-refractivity contribution in [3.63, 3.8) is 0 Å². The first-order valence-electron chi connectivity index (χ1n) is 8.85. The Balaban J connectivity index is 1.85. The Morgan fingerprint density at radius 1 is 1.04 bits per heavy atom. The van der Waals surface area contributed by atoms with Gasteiger partial charge in [0.15, 0.2) is 0 Å². The van der Waals surface area contributed by atoms with E-state index >= 15 is 0 Å². The van der Waals surface area contributed by atoms with E-state index in [1.807, 2.05) is 68.4 Å². The lowest BCUT2D eigenvalue weighted by molar-refractivity contribution is -0.119. The zero-order valence-electron chi connectivity index (χ0n) is 15.5. The van der Waals surface area contributed by atoms with Crippen LogP contribution in [-0.2, 0) is 4.79 Å². The summed E-state index contributed by atoms with van der Waals surface area (Å²) in [6, 6.07) is 17.3. The van der Waals surface area contributed by atoms with Crippen LogP contribution in [0.2, 0.25) is 0 Å². The maximum Gasteiger partial charge on any atom is 0.339 e. The van der Waals surface area contributed by atoms with Crippen molar-refractivity contribution in [2.45, 2.75) is 19.8 Å². The van der Waals surface area contributed by atoms with E-state index in [-0.39, 0.29) is 23.3 Å². The lowest BCUT2D eigenvalue weighted by Crippen LogP contribution is -2.25. The van der Waals surface area contributed by atoms with Crippen molar-refractivity contribution >= 4 is 44.8 Å². The molecule has 0 aliphatic heterocycles. The fourth-order valence-electron chi connectivity index (χ4n) is 2.99. The number of thiophene rings is 1. The van der Waals surface area contributed by atoms with Gasteiger partial charge in [-0.15, -0.1) is 11.3 Å². The summed E-state index contributed by atoms with van der Waals surface area (Å²) in [6.07, 6.45) is 0. The summed E-state index contributed by atoms with van der Waals surface area (Å²) < 4.78 is 0.918. The minimum Gasteiger partial charge on any atom is -0.478 e. The molecule has 3 rings (SSSR count). The second kappa shape index (κ2) is 8.71. The van der Waals surface area contributed by atoms with Gasteiger partial charge < -0.3 is 10.4 Å². The Morgan fingerprint density at radius 2 is 1.68 bits per heavy atom. The quantitative estimate of drug-likeness (QED) is 0.459. The first kappa shape index (κ1) is 20.3. The van der Waals surface area contributed by atoms with Gasteiger partial charge in [-0.05, 0) is 29.2 Å². The van der Waals surface area contributed by atoms with Crippen LogP contribution in [0.5, 0.6) is 0 Å². The number of carboxylic acids is 1. The van der Waals surface area contributed by atoms with Gasteiger partial charge in [-0.1, -0.05) is 72.2 Å². The van der Waals surface area contributed by atoms with E-state index in [0.717, 1.165) is 15.6 Å². The van der Waals surface area contributed by atoms with E-state index < -0.39 is 5.97 Å². The topological polar surface area (TPSA) is 66.4 Å². The summed E-state index contributed by atoms with van der Waals surface area (Å²) in [6.45, 7) is 3.86. The minimum atomic E-state index is -1.06. The third-order valence-electron chi connectivity index (χ3n) is 4.86. The lowest BCUT2D eigenvalue weighted by Gasteiger charge is -2.20. The number of carboxylic acid groups (broad SMARTS) is 1. The van der Waals surface area contributed by atoms with Crippen LogP contribution in [0.1, 0.15) is 35.7 Å². The first-order chi connectivity index (χ1) is 13.4. The summed E-state index contributed by atoms with van der Waals surface area (Å²) in [4.78, 5) is 25.3. The van der Waals surface area contributed by atoms with Crippen LogP contribution in [0.3, 0.4) is 0 Å². The molecular formula is C22H20BrNO3S. The smallest absolute Gasteiger partial charge is 0.339 e. The third kappa shape index (κ3) is 4.34. The van der Waals surface area contributed by atoms with Crippen LogP contribution in [0.15, 0.2) is 64.5 Å². The number of anilines is 1. The highest BCUT2D eigenvalue weighted by atomic mass is 79.9. The minimum absolute atomic E-state index is 0.0130.